The number of fused-ring (bicyclic) bond motifs is 2. The van der Waals surface area contributed by atoms with E-state index in [1.807, 2.05) is 49.4 Å². The lowest BCUT2D eigenvalue weighted by Gasteiger charge is -2.45. The van der Waals surface area contributed by atoms with Gasteiger partial charge in [-0.3, -0.25) is 14.4 Å². The van der Waals surface area contributed by atoms with Gasteiger partial charge in [-0.25, -0.2) is 4.39 Å². The van der Waals surface area contributed by atoms with Gasteiger partial charge in [0.25, 0.3) is 5.91 Å². The molecule has 5 rings (SSSR count). The van der Waals surface area contributed by atoms with E-state index in [1.54, 1.807) is 21.9 Å². The fraction of sp³-hybridized carbons (Fsp3) is 0.378. The Labute approximate surface area is 298 Å². The lowest BCUT2D eigenvalue weighted by molar-refractivity contribution is -0.141. The summed E-state index contributed by atoms with van der Waals surface area (Å²) >= 11 is 9.85. The van der Waals surface area contributed by atoms with E-state index in [-0.39, 0.29) is 36.6 Å². The summed E-state index contributed by atoms with van der Waals surface area (Å²) in [5, 5.41) is 23.3. The molecule has 12 heteroatoms. The molecule has 1 saturated heterocycles. The lowest BCUT2D eigenvalue weighted by atomic mass is 9.82. The summed E-state index contributed by atoms with van der Waals surface area (Å²) in [5.74, 6) is -1.57. The Kier molecular flexibility index (Phi) is 12.5. The number of rotatable bonds is 14. The number of ether oxygens (including phenoxy) is 1. The summed E-state index contributed by atoms with van der Waals surface area (Å²) in [6.45, 7) is 3.68. The van der Waals surface area contributed by atoms with Crippen LogP contribution in [-0.2, 0) is 27.3 Å². The number of piperazine rings is 1. The first-order valence-corrected chi connectivity index (χ1v) is 17.6. The lowest BCUT2D eigenvalue weighted by Crippen LogP contribution is -2.62. The Morgan fingerprint density at radius 3 is 2.57 bits per heavy atom. The molecule has 2 amide bonds. The highest BCUT2D eigenvalue weighted by Crippen LogP contribution is 2.35. The molecular formula is C37H40BrClFN3O6. The van der Waals surface area contributed by atoms with Crippen LogP contribution in [0.4, 0.5) is 4.39 Å². The van der Waals surface area contributed by atoms with E-state index in [2.05, 4.69) is 21.2 Å². The maximum absolute atomic E-state index is 14.4. The molecule has 3 N–H and O–H groups in total. The van der Waals surface area contributed by atoms with Gasteiger partial charge >= 0.3 is 5.97 Å². The molecule has 0 aliphatic carbocycles. The van der Waals surface area contributed by atoms with Gasteiger partial charge in [0.2, 0.25) is 5.91 Å². The maximum Gasteiger partial charge on any atom is 0.305 e. The van der Waals surface area contributed by atoms with E-state index in [4.69, 9.17) is 21.4 Å². The number of carboxylic acid groups (broad SMARTS) is 1. The molecule has 0 saturated carbocycles. The van der Waals surface area contributed by atoms with Crippen LogP contribution >= 0.6 is 27.5 Å². The largest absolute Gasteiger partial charge is 0.492 e. The van der Waals surface area contributed by atoms with E-state index in [1.165, 1.54) is 12.1 Å². The molecule has 0 radical (unpaired) electrons. The molecule has 0 spiro atoms. The number of nitrogens with one attached hydrogen (secondary N) is 1. The van der Waals surface area contributed by atoms with Crippen molar-refractivity contribution in [3.63, 3.8) is 0 Å². The first-order valence-electron chi connectivity index (χ1n) is 16.4. The van der Waals surface area contributed by atoms with Crippen LogP contribution in [0.25, 0.3) is 5.57 Å². The van der Waals surface area contributed by atoms with Gasteiger partial charge in [-0.15, -0.1) is 0 Å². The maximum atomic E-state index is 14.4. The molecule has 3 atom stereocenters. The zero-order valence-electron chi connectivity index (χ0n) is 27.2. The summed E-state index contributed by atoms with van der Waals surface area (Å²) in [6.07, 6.45) is -0.131. The van der Waals surface area contributed by atoms with E-state index < -0.39 is 24.5 Å². The van der Waals surface area contributed by atoms with Gasteiger partial charge in [-0.2, -0.15) is 0 Å². The first kappa shape index (κ1) is 36.5. The van der Waals surface area contributed by atoms with E-state index in [9.17, 15) is 23.9 Å². The van der Waals surface area contributed by atoms with Crippen LogP contribution in [-0.4, -0.2) is 82.2 Å². The van der Waals surface area contributed by atoms with Crippen LogP contribution in [0.2, 0.25) is 5.02 Å². The summed E-state index contributed by atoms with van der Waals surface area (Å²) < 4.78 is 20.1. The second-order valence-corrected chi connectivity index (χ2v) is 13.7. The van der Waals surface area contributed by atoms with Crippen molar-refractivity contribution in [3.05, 3.63) is 104 Å². The molecule has 0 unspecified atom stereocenters. The standard InChI is InChI=1S/C37H40BrClFN3O6/c1-2-42(20-25-7-3-4-8-31(25)39)37(48)36-29(17-27-21-43(22-32(36)41-27)34(45)18-28(44)19-35(46)47)24-11-9-23(10-12-24)6-5-15-49-33-16-26(40)13-14-30(33)38/h3-4,7-14,16,27-28,32,41,44H,2,5-6,15,17-22H2,1H3,(H,46,47)/t27-,28+,32-/m1/s1. The molecule has 2 heterocycles. The molecule has 9 nitrogen and oxygen atoms in total. The van der Waals surface area contributed by atoms with Crippen molar-refractivity contribution in [2.24, 2.45) is 0 Å². The third-order valence-electron chi connectivity index (χ3n) is 8.86. The highest BCUT2D eigenvalue weighted by molar-refractivity contribution is 9.10. The molecule has 1 fully saturated rings. The van der Waals surface area contributed by atoms with Gasteiger partial charge in [0.05, 0.1) is 36.1 Å². The second-order valence-electron chi connectivity index (χ2n) is 12.4. The molecular weight excluding hydrogens is 717 g/mol. The fourth-order valence-corrected chi connectivity index (χ4v) is 6.98. The molecule has 2 bridgehead atoms. The first-order chi connectivity index (χ1) is 23.5. The number of aryl methyl sites for hydroxylation is 1. The van der Waals surface area contributed by atoms with Gasteiger partial charge in [-0.05, 0) is 82.6 Å². The molecule has 3 aromatic rings. The van der Waals surface area contributed by atoms with E-state index in [0.717, 1.165) is 35.1 Å². The number of carbonyl (C=O) groups is 3. The summed E-state index contributed by atoms with van der Waals surface area (Å²) in [4.78, 5) is 42.0. The van der Waals surface area contributed by atoms with Crippen LogP contribution in [0.5, 0.6) is 5.75 Å². The smallest absolute Gasteiger partial charge is 0.305 e. The summed E-state index contributed by atoms with van der Waals surface area (Å²) in [7, 11) is 0. The van der Waals surface area contributed by atoms with E-state index in [0.29, 0.717) is 53.5 Å². The van der Waals surface area contributed by atoms with E-state index >= 15 is 0 Å². The predicted octanol–water partition coefficient (Wildman–Crippen LogP) is 5.85. The number of nitrogens with zero attached hydrogens (tertiary/aromatic N) is 2. The number of carbonyl (C=O) groups excluding carboxylic acids is 2. The highest BCUT2D eigenvalue weighted by Gasteiger charge is 2.41. The third-order valence-corrected chi connectivity index (χ3v) is 9.88. The number of amides is 2. The normalized spacial score (nSPS) is 17.9. The number of halogens is 3. The van der Waals surface area contributed by atoms with Crippen LogP contribution in [0.3, 0.4) is 0 Å². The zero-order valence-corrected chi connectivity index (χ0v) is 29.6. The number of benzene rings is 3. The number of likely N-dealkylation sites (N-methyl/N-ethyl adjacent to an activating group) is 1. The van der Waals surface area contributed by atoms with Crippen LogP contribution in [0, 0.1) is 5.82 Å². The molecule has 260 valence electrons. The Hall–Kier alpha value is -3.77. The van der Waals surface area contributed by atoms with Crippen molar-refractivity contribution in [1.29, 1.82) is 0 Å². The van der Waals surface area contributed by atoms with Crippen molar-refractivity contribution in [3.8, 4) is 5.75 Å². The zero-order chi connectivity index (χ0) is 35.1. The molecule has 49 heavy (non-hydrogen) atoms. The number of hydrogen-bond donors (Lipinski definition) is 3. The Morgan fingerprint density at radius 2 is 1.86 bits per heavy atom. The number of hydrogen-bond acceptors (Lipinski definition) is 6. The van der Waals surface area contributed by atoms with Crippen LogP contribution in [0.1, 0.15) is 49.3 Å². The van der Waals surface area contributed by atoms with Gasteiger partial charge in [0.15, 0.2) is 0 Å². The average molecular weight is 757 g/mol. The van der Waals surface area contributed by atoms with Crippen molar-refractivity contribution >= 4 is 50.9 Å². The van der Waals surface area contributed by atoms with Crippen LogP contribution in [0.15, 0.2) is 76.8 Å². The van der Waals surface area contributed by atoms with Crippen molar-refractivity contribution < 1.29 is 33.7 Å². The van der Waals surface area contributed by atoms with Gasteiger partial charge < -0.3 is 30.1 Å². The average Bonchev–Trinajstić information content (AvgIpc) is 3.07. The van der Waals surface area contributed by atoms with Gasteiger partial charge in [0.1, 0.15) is 11.6 Å². The van der Waals surface area contributed by atoms with Crippen molar-refractivity contribution in [2.75, 3.05) is 26.2 Å². The summed E-state index contributed by atoms with van der Waals surface area (Å²) in [5.41, 5.74) is 4.35. The Balaban J connectivity index is 1.36. The third kappa shape index (κ3) is 9.48. The number of aliphatic carboxylic acids is 1. The second kappa shape index (κ2) is 16.8. The molecule has 2 aliphatic rings. The Bertz CT molecular complexity index is 1700. The van der Waals surface area contributed by atoms with Crippen LogP contribution < -0.4 is 10.1 Å². The van der Waals surface area contributed by atoms with Crippen molar-refractivity contribution in [1.82, 2.24) is 15.1 Å². The number of carboxylic acids is 1. The highest BCUT2D eigenvalue weighted by atomic mass is 79.9. The SMILES string of the molecule is CCN(Cc1ccccc1Cl)C(=O)C1=C(c2ccc(CCCOc3cc(F)ccc3Br)cc2)C[C@@H]2CN(C(=O)C[C@H](O)CC(=O)O)C[C@H]1N2. The molecule has 0 aromatic heterocycles. The minimum atomic E-state index is -1.29. The molecule has 3 aromatic carbocycles. The number of aliphatic hydroxyl groups is 1. The van der Waals surface area contributed by atoms with Crippen molar-refractivity contribution in [2.45, 2.75) is 63.8 Å². The van der Waals surface area contributed by atoms with Gasteiger partial charge in [0, 0.05) is 48.9 Å². The summed E-state index contributed by atoms with van der Waals surface area (Å²) in [6, 6.07) is 19.3. The quantitative estimate of drug-likeness (QED) is 0.177. The predicted molar refractivity (Wildman–Crippen MR) is 189 cm³/mol. The minimum absolute atomic E-state index is 0.136. The topological polar surface area (TPSA) is 119 Å². The molecule has 2 aliphatic heterocycles. The number of aliphatic hydroxyl groups excluding tert-OH is 1. The Morgan fingerprint density at radius 1 is 1.10 bits per heavy atom. The fourth-order valence-electron chi connectivity index (χ4n) is 6.42. The minimum Gasteiger partial charge on any atom is -0.492 e. The monoisotopic (exact) mass is 755 g/mol. The van der Waals surface area contributed by atoms with Gasteiger partial charge in [-0.1, -0.05) is 54.1 Å².